The number of hydrogen-bond acceptors (Lipinski definition) is 5. The molecule has 8 fully saturated rings. The molecule has 5 nitrogen and oxygen atoms in total. The molecule has 0 N–H and O–H groups in total. The van der Waals surface area contributed by atoms with E-state index >= 15 is 0 Å². The summed E-state index contributed by atoms with van der Waals surface area (Å²) >= 11 is 0. The van der Waals surface area contributed by atoms with E-state index in [0.29, 0.717) is 26.1 Å². The smallest absolute Gasteiger partial charge is 0.312 e. The molecule has 8 aliphatic carbocycles. The predicted octanol–water partition coefficient (Wildman–Crippen LogP) is 6.33. The van der Waals surface area contributed by atoms with Gasteiger partial charge in [0.25, 0.3) is 0 Å². The van der Waals surface area contributed by atoms with Gasteiger partial charge in [0.1, 0.15) is 0 Å². The molecule has 5 heteroatoms. The Morgan fingerprint density at radius 1 is 0.571 bits per heavy atom. The monoisotopic (exact) mass is 482 g/mol. The molecule has 8 rings (SSSR count). The van der Waals surface area contributed by atoms with E-state index in [0.717, 1.165) is 74.0 Å². The van der Waals surface area contributed by atoms with Crippen LogP contribution in [0.1, 0.15) is 89.9 Å². The van der Waals surface area contributed by atoms with E-state index in [9.17, 15) is 9.59 Å². The van der Waals surface area contributed by atoms with Gasteiger partial charge >= 0.3 is 11.9 Å². The zero-order valence-corrected chi connectivity index (χ0v) is 21.1. The lowest BCUT2D eigenvalue weighted by molar-refractivity contribution is -0.171. The van der Waals surface area contributed by atoms with Crippen LogP contribution in [0.15, 0.2) is 24.7 Å². The summed E-state index contributed by atoms with van der Waals surface area (Å²) in [6.07, 6.45) is 22.7. The number of carbonyl (C=O) groups is 2. The van der Waals surface area contributed by atoms with Gasteiger partial charge in [-0.15, -0.1) is 0 Å². The summed E-state index contributed by atoms with van der Waals surface area (Å²) in [5.74, 6) is 4.65. The van der Waals surface area contributed by atoms with Gasteiger partial charge in [0.15, 0.2) is 0 Å². The Balaban J connectivity index is 0.839. The van der Waals surface area contributed by atoms with Crippen LogP contribution < -0.4 is 0 Å². The highest BCUT2D eigenvalue weighted by molar-refractivity contribution is 5.78. The van der Waals surface area contributed by atoms with Crippen molar-refractivity contribution in [2.24, 2.45) is 46.3 Å². The first-order valence-electron chi connectivity index (χ1n) is 14.3. The number of hydrogen-bond donors (Lipinski definition) is 0. The first-order valence-corrected chi connectivity index (χ1v) is 14.3. The van der Waals surface area contributed by atoms with Gasteiger partial charge in [-0.25, -0.2) is 0 Å². The van der Waals surface area contributed by atoms with E-state index in [1.807, 2.05) is 12.2 Å². The number of esters is 2. The maximum absolute atomic E-state index is 12.8. The number of ether oxygens (including phenoxy) is 3. The molecule has 8 bridgehead atoms. The molecular weight excluding hydrogens is 440 g/mol. The minimum Gasteiger partial charge on any atom is -0.473 e. The molecule has 35 heavy (non-hydrogen) atoms. The van der Waals surface area contributed by atoms with E-state index in [2.05, 4.69) is 0 Å². The fourth-order valence-electron chi connectivity index (χ4n) is 9.76. The molecule has 192 valence electrons. The van der Waals surface area contributed by atoms with Crippen LogP contribution in [0.5, 0.6) is 0 Å². The lowest BCUT2D eigenvalue weighted by Crippen LogP contribution is -2.50. The van der Waals surface area contributed by atoms with Gasteiger partial charge in [-0.1, -0.05) is 0 Å². The van der Waals surface area contributed by atoms with E-state index in [4.69, 9.17) is 14.2 Å². The van der Waals surface area contributed by atoms with Crippen LogP contribution in [0, 0.1) is 46.3 Å². The van der Waals surface area contributed by atoms with Crippen molar-refractivity contribution in [3.63, 3.8) is 0 Å². The molecule has 0 unspecified atom stereocenters. The van der Waals surface area contributed by atoms with Gasteiger partial charge in [0, 0.05) is 12.8 Å². The van der Waals surface area contributed by atoms with Gasteiger partial charge in [0.2, 0.25) is 0 Å². The quantitative estimate of drug-likeness (QED) is 0.207. The van der Waals surface area contributed by atoms with Crippen molar-refractivity contribution in [3.05, 3.63) is 24.7 Å². The lowest BCUT2D eigenvalue weighted by atomic mass is 9.49. The second-order valence-electron chi connectivity index (χ2n) is 13.1. The highest BCUT2D eigenvalue weighted by atomic mass is 16.5. The number of carbonyl (C=O) groups excluding carboxylic acids is 2. The second kappa shape index (κ2) is 9.59. The molecule has 0 aromatic rings. The second-order valence-corrected chi connectivity index (χ2v) is 13.1. The molecule has 0 heterocycles. The zero-order chi connectivity index (χ0) is 23.9. The molecule has 0 atom stereocenters. The third kappa shape index (κ3) is 4.81. The summed E-state index contributed by atoms with van der Waals surface area (Å²) in [4.78, 5) is 25.7. The van der Waals surface area contributed by atoms with E-state index in [1.54, 1.807) is 12.5 Å². The van der Waals surface area contributed by atoms with Crippen molar-refractivity contribution in [1.82, 2.24) is 0 Å². The first kappa shape index (κ1) is 23.6. The summed E-state index contributed by atoms with van der Waals surface area (Å²) in [5, 5.41) is 0. The molecule has 8 saturated carbocycles. The molecule has 0 aromatic heterocycles. The van der Waals surface area contributed by atoms with Gasteiger partial charge in [-0.05, 0) is 125 Å². The Morgan fingerprint density at radius 3 is 1.20 bits per heavy atom. The largest absolute Gasteiger partial charge is 0.473 e. The van der Waals surface area contributed by atoms with Gasteiger partial charge in [0.05, 0.1) is 36.6 Å². The first-order chi connectivity index (χ1) is 17.0. The van der Waals surface area contributed by atoms with E-state index in [-0.39, 0.29) is 22.8 Å². The Bertz CT molecular complexity index is 729. The molecule has 0 saturated heterocycles. The highest BCUT2D eigenvalue weighted by Gasteiger charge is 2.56. The predicted molar refractivity (Wildman–Crippen MR) is 132 cm³/mol. The minimum absolute atomic E-state index is 0.0499. The average Bonchev–Trinajstić information content (AvgIpc) is 2.80. The third-order valence-corrected chi connectivity index (χ3v) is 10.3. The number of rotatable bonds is 10. The summed E-state index contributed by atoms with van der Waals surface area (Å²) in [6, 6.07) is 0. The van der Waals surface area contributed by atoms with Crippen molar-refractivity contribution in [1.29, 1.82) is 0 Å². The van der Waals surface area contributed by atoms with Crippen LogP contribution in [-0.4, -0.2) is 25.2 Å². The highest BCUT2D eigenvalue weighted by Crippen LogP contribution is 2.61. The summed E-state index contributed by atoms with van der Waals surface area (Å²) in [6.45, 7) is 0.842. The summed E-state index contributed by atoms with van der Waals surface area (Å²) < 4.78 is 16.8. The fourth-order valence-corrected chi connectivity index (χ4v) is 9.76. The Labute approximate surface area is 210 Å². The van der Waals surface area contributed by atoms with Gasteiger partial charge < -0.3 is 14.2 Å². The Morgan fingerprint density at radius 2 is 0.886 bits per heavy atom. The SMILES string of the molecule is O=C(OCCC=COC=CCCOC(=O)C12CC3CC(CC(C3)C1)C2)C12CC3CC(CC(C3)C1)C2. The molecule has 8 aliphatic rings. The van der Waals surface area contributed by atoms with Crippen LogP contribution in [0.4, 0.5) is 0 Å². The van der Waals surface area contributed by atoms with E-state index in [1.165, 1.54) is 38.5 Å². The van der Waals surface area contributed by atoms with Crippen LogP contribution in [-0.2, 0) is 23.8 Å². The van der Waals surface area contributed by atoms with E-state index < -0.39 is 0 Å². The Hall–Kier alpha value is -1.78. The van der Waals surface area contributed by atoms with Gasteiger partial charge in [-0.3, -0.25) is 9.59 Å². The van der Waals surface area contributed by atoms with Crippen LogP contribution in [0.2, 0.25) is 0 Å². The molecule has 0 radical (unpaired) electrons. The Kier molecular flexibility index (Phi) is 6.47. The van der Waals surface area contributed by atoms with Crippen LogP contribution in [0.25, 0.3) is 0 Å². The standard InChI is InChI=1S/C30H42O5/c31-27(29-15-21-9-22(16-29)11-23(10-21)17-29)34-7-3-1-5-33-6-2-4-8-35-28(32)30-18-24-12-25(19-30)14-26(13-24)20-30/h1-2,5-6,21-26H,3-4,7-20H2. The minimum atomic E-state index is -0.170. The van der Waals surface area contributed by atoms with Crippen molar-refractivity contribution < 1.29 is 23.8 Å². The normalized spacial score (nSPS) is 42.7. The van der Waals surface area contributed by atoms with Crippen molar-refractivity contribution >= 4 is 11.9 Å². The zero-order valence-electron chi connectivity index (χ0n) is 21.1. The fraction of sp³-hybridized carbons (Fsp3) is 0.800. The van der Waals surface area contributed by atoms with Crippen molar-refractivity contribution in [3.8, 4) is 0 Å². The van der Waals surface area contributed by atoms with Crippen LogP contribution >= 0.6 is 0 Å². The third-order valence-electron chi connectivity index (χ3n) is 10.3. The summed E-state index contributed by atoms with van der Waals surface area (Å²) in [7, 11) is 0. The molecule has 0 amide bonds. The average molecular weight is 483 g/mol. The molecular formula is C30H42O5. The van der Waals surface area contributed by atoms with Crippen LogP contribution in [0.3, 0.4) is 0 Å². The molecule has 0 aliphatic heterocycles. The summed E-state index contributed by atoms with van der Waals surface area (Å²) in [5.41, 5.74) is -0.340. The van der Waals surface area contributed by atoms with Crippen molar-refractivity contribution in [2.45, 2.75) is 89.9 Å². The maximum Gasteiger partial charge on any atom is 0.312 e. The molecule has 0 aromatic carbocycles. The maximum atomic E-state index is 12.8. The topological polar surface area (TPSA) is 61.8 Å². The van der Waals surface area contributed by atoms with Crippen molar-refractivity contribution in [2.75, 3.05) is 13.2 Å². The molecule has 0 spiro atoms. The lowest BCUT2D eigenvalue weighted by Gasteiger charge is -2.55. The van der Waals surface area contributed by atoms with Gasteiger partial charge in [-0.2, -0.15) is 0 Å².